The van der Waals surface area contributed by atoms with Crippen LogP contribution in [-0.4, -0.2) is 85.4 Å². The van der Waals surface area contributed by atoms with E-state index in [-0.39, 0.29) is 22.8 Å². The average Bonchev–Trinajstić information content (AvgIpc) is 3.67. The van der Waals surface area contributed by atoms with Gasteiger partial charge in [0.25, 0.3) is 5.91 Å². The number of rotatable bonds is 6. The second-order valence-electron chi connectivity index (χ2n) is 13.0. The van der Waals surface area contributed by atoms with E-state index in [9.17, 15) is 22.8 Å². The Morgan fingerprint density at radius 2 is 1.57 bits per heavy atom. The molecule has 3 aromatic rings. The minimum absolute atomic E-state index is 0.0158. The number of hydrogen-bond donors (Lipinski definition) is 0. The number of amides is 2. The molecule has 236 valence electrons. The predicted octanol–water partition coefficient (Wildman–Crippen LogP) is 5.20. The summed E-state index contributed by atoms with van der Waals surface area (Å²) in [6.45, 7) is 14.1. The number of carbonyl (C=O) groups excluding carboxylic acids is 2. The molecule has 0 saturated carbocycles. The summed E-state index contributed by atoms with van der Waals surface area (Å²) < 4.78 is 43.6. The minimum Gasteiger partial charge on any atom is -0.338 e. The van der Waals surface area contributed by atoms with Crippen LogP contribution in [0, 0.1) is 17.5 Å². The molecule has 2 aliphatic heterocycles. The Labute approximate surface area is 260 Å². The average molecular weight is 629 g/mol. The highest BCUT2D eigenvalue weighted by Gasteiger charge is 2.40. The standard InChI is InChI=1S/C32H39F3N6O2S/c1-20(28-24(34)15-23(33)16-25(28)35)41-17-27(36-37-41)32(5,6)39-13-11-38(12-14-39)30(43)26-18-44-19-40(26)29(42)21-7-9-22(10-8-21)31(2,3)4/h7-10,15-17,20,26H,11-14,18-19H2,1-6H3/t20-,26?/m1/s1. The van der Waals surface area contributed by atoms with E-state index < -0.39 is 35.1 Å². The zero-order chi connectivity index (χ0) is 32.0. The van der Waals surface area contributed by atoms with Gasteiger partial charge in [-0.15, -0.1) is 16.9 Å². The molecule has 1 aromatic heterocycles. The van der Waals surface area contributed by atoms with E-state index in [0.29, 0.717) is 61.2 Å². The summed E-state index contributed by atoms with van der Waals surface area (Å²) in [4.78, 5) is 32.7. The summed E-state index contributed by atoms with van der Waals surface area (Å²) in [5.41, 5.74) is 1.44. The first kappa shape index (κ1) is 32.0. The first-order valence-corrected chi connectivity index (χ1v) is 15.9. The number of aromatic nitrogens is 3. The monoisotopic (exact) mass is 628 g/mol. The molecule has 44 heavy (non-hydrogen) atoms. The number of hydrogen-bond acceptors (Lipinski definition) is 6. The number of carbonyl (C=O) groups is 2. The first-order valence-electron chi connectivity index (χ1n) is 14.8. The second-order valence-corrected chi connectivity index (χ2v) is 14.0. The molecule has 0 bridgehead atoms. The third kappa shape index (κ3) is 6.24. The fraction of sp³-hybridized carbons (Fsp3) is 0.500. The highest BCUT2D eigenvalue weighted by atomic mass is 32.2. The molecule has 2 amide bonds. The van der Waals surface area contributed by atoms with E-state index in [1.807, 2.05) is 43.0 Å². The van der Waals surface area contributed by atoms with Crippen LogP contribution in [0.3, 0.4) is 0 Å². The number of halogens is 3. The Kier molecular flexibility index (Phi) is 8.87. The van der Waals surface area contributed by atoms with Crippen molar-refractivity contribution in [3.05, 3.63) is 82.4 Å². The maximum absolute atomic E-state index is 14.4. The zero-order valence-electron chi connectivity index (χ0n) is 26.0. The molecule has 0 aliphatic carbocycles. The lowest BCUT2D eigenvalue weighted by Crippen LogP contribution is -2.58. The molecule has 2 fully saturated rings. The predicted molar refractivity (Wildman–Crippen MR) is 164 cm³/mol. The van der Waals surface area contributed by atoms with E-state index in [2.05, 4.69) is 36.0 Å². The van der Waals surface area contributed by atoms with Crippen LogP contribution in [-0.2, 0) is 15.7 Å². The van der Waals surface area contributed by atoms with Crippen LogP contribution in [0.25, 0.3) is 0 Å². The van der Waals surface area contributed by atoms with Crippen molar-refractivity contribution in [2.45, 2.75) is 64.6 Å². The molecule has 0 spiro atoms. The molecule has 8 nitrogen and oxygen atoms in total. The molecule has 2 saturated heterocycles. The molecule has 5 rings (SSSR count). The van der Waals surface area contributed by atoms with Gasteiger partial charge in [0.05, 0.1) is 23.7 Å². The molecule has 0 radical (unpaired) electrons. The van der Waals surface area contributed by atoms with E-state index in [1.54, 1.807) is 29.8 Å². The number of thioether (sulfide) groups is 1. The van der Waals surface area contributed by atoms with Crippen molar-refractivity contribution >= 4 is 23.6 Å². The number of nitrogens with zero attached hydrogens (tertiary/aromatic N) is 6. The number of piperazine rings is 1. The SMILES string of the molecule is C[C@H](c1c(F)cc(F)cc1F)n1cc(C(C)(C)N2CCN(C(=O)C3CSCN3C(=O)c3ccc(C(C)(C)C)cc3)CC2)nn1. The van der Waals surface area contributed by atoms with Gasteiger partial charge in [-0.25, -0.2) is 17.9 Å². The van der Waals surface area contributed by atoms with Gasteiger partial charge >= 0.3 is 0 Å². The van der Waals surface area contributed by atoms with E-state index in [1.165, 1.54) is 4.68 Å². The normalized spacial score (nSPS) is 19.0. The highest BCUT2D eigenvalue weighted by Crippen LogP contribution is 2.31. The summed E-state index contributed by atoms with van der Waals surface area (Å²) in [7, 11) is 0. The van der Waals surface area contributed by atoms with Crippen LogP contribution in [0.2, 0.25) is 0 Å². The third-order valence-corrected chi connectivity index (χ3v) is 9.82. The van der Waals surface area contributed by atoms with Gasteiger partial charge in [-0.2, -0.15) is 0 Å². The quantitative estimate of drug-likeness (QED) is 0.374. The number of benzene rings is 2. The van der Waals surface area contributed by atoms with Crippen LogP contribution in [0.5, 0.6) is 0 Å². The van der Waals surface area contributed by atoms with Gasteiger partial charge in [0.1, 0.15) is 29.2 Å². The summed E-state index contributed by atoms with van der Waals surface area (Å²) >= 11 is 1.58. The second kappa shape index (κ2) is 12.2. The topological polar surface area (TPSA) is 74.6 Å². The van der Waals surface area contributed by atoms with Crippen molar-refractivity contribution in [1.82, 2.24) is 29.7 Å². The van der Waals surface area contributed by atoms with E-state index in [0.717, 1.165) is 5.56 Å². The van der Waals surface area contributed by atoms with Crippen LogP contribution >= 0.6 is 11.8 Å². The Morgan fingerprint density at radius 3 is 2.16 bits per heavy atom. The molecule has 2 aromatic carbocycles. The van der Waals surface area contributed by atoms with E-state index >= 15 is 0 Å². The lowest BCUT2D eigenvalue weighted by Gasteiger charge is -2.43. The van der Waals surface area contributed by atoms with Crippen molar-refractivity contribution in [2.24, 2.45) is 0 Å². The summed E-state index contributed by atoms with van der Waals surface area (Å²) in [6.07, 6.45) is 1.65. The van der Waals surface area contributed by atoms with Gasteiger partial charge in [0.15, 0.2) is 0 Å². The molecular formula is C32H39F3N6O2S. The smallest absolute Gasteiger partial charge is 0.255 e. The third-order valence-electron chi connectivity index (χ3n) is 8.80. The molecule has 12 heteroatoms. The highest BCUT2D eigenvalue weighted by molar-refractivity contribution is 7.99. The lowest BCUT2D eigenvalue weighted by atomic mass is 9.86. The molecular weight excluding hydrogens is 589 g/mol. The Balaban J connectivity index is 1.22. The van der Waals surface area contributed by atoms with Crippen LogP contribution < -0.4 is 0 Å². The Bertz CT molecular complexity index is 1510. The summed E-state index contributed by atoms with van der Waals surface area (Å²) in [5, 5.41) is 8.43. The maximum atomic E-state index is 14.4. The van der Waals surface area contributed by atoms with Crippen molar-refractivity contribution in [3.63, 3.8) is 0 Å². The van der Waals surface area contributed by atoms with Gasteiger partial charge in [-0.3, -0.25) is 14.5 Å². The lowest BCUT2D eigenvalue weighted by molar-refractivity contribution is -0.137. The maximum Gasteiger partial charge on any atom is 0.255 e. The van der Waals surface area contributed by atoms with Crippen molar-refractivity contribution in [1.29, 1.82) is 0 Å². The van der Waals surface area contributed by atoms with Crippen molar-refractivity contribution < 1.29 is 22.8 Å². The van der Waals surface area contributed by atoms with Gasteiger partial charge < -0.3 is 9.80 Å². The molecule has 0 N–H and O–H groups in total. The Morgan fingerprint density at radius 1 is 0.955 bits per heavy atom. The summed E-state index contributed by atoms with van der Waals surface area (Å²) in [5.74, 6) is -2.08. The first-order chi connectivity index (χ1) is 20.7. The summed E-state index contributed by atoms with van der Waals surface area (Å²) in [6, 6.07) is 7.61. The van der Waals surface area contributed by atoms with Crippen LogP contribution in [0.15, 0.2) is 42.6 Å². The zero-order valence-corrected chi connectivity index (χ0v) is 26.8. The van der Waals surface area contributed by atoms with Gasteiger partial charge in [0.2, 0.25) is 5.91 Å². The van der Waals surface area contributed by atoms with Gasteiger partial charge in [-0.1, -0.05) is 38.1 Å². The minimum atomic E-state index is -0.981. The van der Waals surface area contributed by atoms with Crippen LogP contribution in [0.1, 0.15) is 74.8 Å². The molecule has 1 unspecified atom stereocenters. The van der Waals surface area contributed by atoms with Gasteiger partial charge in [-0.05, 0) is 43.9 Å². The molecule has 2 atom stereocenters. The van der Waals surface area contributed by atoms with Crippen LogP contribution in [0.4, 0.5) is 13.2 Å². The largest absolute Gasteiger partial charge is 0.338 e. The molecule has 2 aliphatic rings. The fourth-order valence-corrected chi connectivity index (χ4v) is 6.96. The van der Waals surface area contributed by atoms with Crippen molar-refractivity contribution in [2.75, 3.05) is 37.8 Å². The van der Waals surface area contributed by atoms with Crippen molar-refractivity contribution in [3.8, 4) is 0 Å². The van der Waals surface area contributed by atoms with Gasteiger partial charge in [0, 0.05) is 55.2 Å². The Hall–Kier alpha value is -3.38. The fourth-order valence-electron chi connectivity index (χ4n) is 5.82. The van der Waals surface area contributed by atoms with E-state index in [4.69, 9.17) is 0 Å². The molecule has 3 heterocycles.